The van der Waals surface area contributed by atoms with E-state index in [0.717, 1.165) is 0 Å². The summed E-state index contributed by atoms with van der Waals surface area (Å²) in [5, 5.41) is 2.79. The number of epoxide rings is 1. The van der Waals surface area contributed by atoms with Crippen LogP contribution < -0.4 is 5.32 Å². The number of halogens is 1. The van der Waals surface area contributed by atoms with Crippen molar-refractivity contribution in [3.63, 3.8) is 0 Å². The third-order valence-electron chi connectivity index (χ3n) is 3.51. The van der Waals surface area contributed by atoms with Gasteiger partial charge in [0, 0.05) is 12.8 Å². The van der Waals surface area contributed by atoms with Gasteiger partial charge < -0.3 is 14.8 Å². The molecule has 102 valence electrons. The molecule has 1 amide bonds. The number of methoxy groups -OCH3 is 1. The van der Waals surface area contributed by atoms with E-state index in [-0.39, 0.29) is 18.1 Å². The number of thiophene rings is 1. The average molecular weight is 302 g/mol. The summed E-state index contributed by atoms with van der Waals surface area (Å²) < 4.78 is 10.7. The second-order valence-electron chi connectivity index (χ2n) is 4.75. The van der Waals surface area contributed by atoms with Crippen LogP contribution in [0.1, 0.15) is 22.5 Å². The van der Waals surface area contributed by atoms with Crippen molar-refractivity contribution >= 4 is 34.8 Å². The third kappa shape index (κ3) is 2.24. The molecular weight excluding hydrogens is 290 g/mol. The second kappa shape index (κ2) is 4.47. The van der Waals surface area contributed by atoms with Gasteiger partial charge in [-0.15, -0.1) is 11.3 Å². The number of esters is 1. The average Bonchev–Trinajstić information content (AvgIpc) is 2.81. The Labute approximate surface area is 118 Å². The van der Waals surface area contributed by atoms with Gasteiger partial charge in [0.05, 0.1) is 28.5 Å². The minimum atomic E-state index is -0.962. The van der Waals surface area contributed by atoms with Crippen LogP contribution in [0.25, 0.3) is 0 Å². The number of hydrogen-bond donors (Lipinski definition) is 1. The summed E-state index contributed by atoms with van der Waals surface area (Å²) in [4.78, 5) is 24.6. The van der Waals surface area contributed by atoms with E-state index in [0.29, 0.717) is 22.1 Å². The van der Waals surface area contributed by atoms with Gasteiger partial charge in [-0.1, -0.05) is 11.6 Å². The molecule has 2 fully saturated rings. The fourth-order valence-electron chi connectivity index (χ4n) is 2.54. The van der Waals surface area contributed by atoms with Gasteiger partial charge in [0.15, 0.2) is 0 Å². The van der Waals surface area contributed by atoms with Gasteiger partial charge >= 0.3 is 5.97 Å². The van der Waals surface area contributed by atoms with Crippen molar-refractivity contribution in [1.82, 2.24) is 5.32 Å². The van der Waals surface area contributed by atoms with Crippen LogP contribution in [-0.2, 0) is 14.3 Å². The molecule has 5 nitrogen and oxygen atoms in total. The van der Waals surface area contributed by atoms with Crippen molar-refractivity contribution in [2.24, 2.45) is 0 Å². The van der Waals surface area contributed by atoms with Crippen LogP contribution in [0.2, 0.25) is 4.34 Å². The summed E-state index contributed by atoms with van der Waals surface area (Å²) in [5.41, 5.74) is -0.962. The molecule has 1 aromatic heterocycles. The first-order valence-corrected chi connectivity index (χ1v) is 7.05. The van der Waals surface area contributed by atoms with E-state index in [9.17, 15) is 9.59 Å². The van der Waals surface area contributed by atoms with Crippen molar-refractivity contribution in [2.45, 2.75) is 30.6 Å². The SMILES string of the molecule is COC(=O)C1(NC(=O)c2ccc(Cl)s2)CC2OC2C1. The lowest BCUT2D eigenvalue weighted by Crippen LogP contribution is -2.54. The Morgan fingerprint density at radius 3 is 2.68 bits per heavy atom. The van der Waals surface area contributed by atoms with E-state index < -0.39 is 11.5 Å². The summed E-state index contributed by atoms with van der Waals surface area (Å²) >= 11 is 6.98. The number of carbonyl (C=O) groups is 2. The number of ether oxygens (including phenoxy) is 2. The molecule has 0 bridgehead atoms. The summed E-state index contributed by atoms with van der Waals surface area (Å²) in [5.74, 6) is -0.720. The van der Waals surface area contributed by atoms with Crippen LogP contribution in [-0.4, -0.2) is 36.7 Å². The highest BCUT2D eigenvalue weighted by molar-refractivity contribution is 7.18. The normalized spacial score (nSPS) is 31.7. The molecule has 1 N–H and O–H groups in total. The van der Waals surface area contributed by atoms with Crippen LogP contribution in [0.4, 0.5) is 0 Å². The van der Waals surface area contributed by atoms with Gasteiger partial charge in [-0.3, -0.25) is 4.79 Å². The Morgan fingerprint density at radius 1 is 1.47 bits per heavy atom. The van der Waals surface area contributed by atoms with Crippen LogP contribution in [0.5, 0.6) is 0 Å². The first-order valence-electron chi connectivity index (χ1n) is 5.86. The van der Waals surface area contributed by atoms with Gasteiger partial charge in [0.25, 0.3) is 5.91 Å². The zero-order valence-corrected chi connectivity index (χ0v) is 11.7. The van der Waals surface area contributed by atoms with E-state index in [2.05, 4.69) is 5.32 Å². The summed E-state index contributed by atoms with van der Waals surface area (Å²) in [6, 6.07) is 3.29. The number of rotatable bonds is 3. The smallest absolute Gasteiger partial charge is 0.331 e. The highest BCUT2D eigenvalue weighted by atomic mass is 35.5. The largest absolute Gasteiger partial charge is 0.467 e. The predicted molar refractivity (Wildman–Crippen MR) is 69.4 cm³/mol. The molecular formula is C12H12ClNO4S. The number of carbonyl (C=O) groups excluding carboxylic acids is 2. The Morgan fingerprint density at radius 2 is 2.16 bits per heavy atom. The van der Waals surface area contributed by atoms with Crippen molar-refractivity contribution in [3.8, 4) is 0 Å². The second-order valence-corrected chi connectivity index (χ2v) is 6.47. The summed E-state index contributed by atoms with van der Waals surface area (Å²) in [7, 11) is 1.32. The maximum absolute atomic E-state index is 12.2. The van der Waals surface area contributed by atoms with E-state index in [1.54, 1.807) is 12.1 Å². The number of amides is 1. The fourth-order valence-corrected chi connectivity index (χ4v) is 3.48. The summed E-state index contributed by atoms with van der Waals surface area (Å²) in [6.45, 7) is 0. The number of fused-ring (bicyclic) bond motifs is 1. The molecule has 0 aromatic carbocycles. The van der Waals surface area contributed by atoms with Crippen molar-refractivity contribution in [1.29, 1.82) is 0 Å². The molecule has 1 saturated heterocycles. The number of nitrogens with one attached hydrogen (secondary N) is 1. The van der Waals surface area contributed by atoms with E-state index in [4.69, 9.17) is 21.1 Å². The highest BCUT2D eigenvalue weighted by Gasteiger charge is 2.60. The third-order valence-corrected chi connectivity index (χ3v) is 4.74. The Hall–Kier alpha value is -1.11. The standard InChI is InChI=1S/C12H12ClNO4S/c1-17-11(16)12(4-6-7(5-12)18-6)14-10(15)8-2-3-9(13)19-8/h2-3,6-7H,4-5H2,1H3,(H,14,15). The van der Waals surface area contributed by atoms with Gasteiger partial charge in [-0.2, -0.15) is 0 Å². The summed E-state index contributed by atoms with van der Waals surface area (Å²) in [6.07, 6.45) is 1.06. The molecule has 1 aliphatic carbocycles. The first-order chi connectivity index (χ1) is 9.04. The molecule has 1 aliphatic heterocycles. The van der Waals surface area contributed by atoms with E-state index in [1.807, 2.05) is 0 Å². The monoisotopic (exact) mass is 301 g/mol. The molecule has 2 heterocycles. The maximum atomic E-state index is 12.2. The van der Waals surface area contributed by atoms with Crippen molar-refractivity contribution in [3.05, 3.63) is 21.3 Å². The van der Waals surface area contributed by atoms with Crippen LogP contribution in [0, 0.1) is 0 Å². The molecule has 2 unspecified atom stereocenters. The molecule has 0 radical (unpaired) electrons. The first kappa shape index (κ1) is 12.9. The fraction of sp³-hybridized carbons (Fsp3) is 0.500. The molecule has 2 atom stereocenters. The topological polar surface area (TPSA) is 67.9 Å². The molecule has 0 spiro atoms. The lowest BCUT2D eigenvalue weighted by Gasteiger charge is -2.28. The Balaban J connectivity index is 1.78. The maximum Gasteiger partial charge on any atom is 0.331 e. The van der Waals surface area contributed by atoms with Crippen molar-refractivity contribution in [2.75, 3.05) is 7.11 Å². The Bertz CT molecular complexity index is 534. The lowest BCUT2D eigenvalue weighted by molar-refractivity contribution is -0.149. The van der Waals surface area contributed by atoms with Gasteiger partial charge in [-0.05, 0) is 12.1 Å². The van der Waals surface area contributed by atoms with E-state index in [1.165, 1.54) is 18.4 Å². The quantitative estimate of drug-likeness (QED) is 0.680. The molecule has 1 saturated carbocycles. The van der Waals surface area contributed by atoms with Gasteiger partial charge in [0.2, 0.25) is 0 Å². The zero-order valence-electron chi connectivity index (χ0n) is 10.1. The van der Waals surface area contributed by atoms with Gasteiger partial charge in [0.1, 0.15) is 5.54 Å². The molecule has 1 aromatic rings. The lowest BCUT2D eigenvalue weighted by atomic mass is 9.96. The minimum absolute atomic E-state index is 0.0614. The molecule has 2 aliphatic rings. The zero-order chi connectivity index (χ0) is 13.6. The van der Waals surface area contributed by atoms with Crippen molar-refractivity contribution < 1.29 is 19.1 Å². The van der Waals surface area contributed by atoms with Crippen LogP contribution in [0.3, 0.4) is 0 Å². The Kier molecular flexibility index (Phi) is 3.03. The highest BCUT2D eigenvalue weighted by Crippen LogP contribution is 2.45. The molecule has 3 rings (SSSR count). The van der Waals surface area contributed by atoms with E-state index >= 15 is 0 Å². The number of hydrogen-bond acceptors (Lipinski definition) is 5. The molecule has 7 heteroatoms. The minimum Gasteiger partial charge on any atom is -0.467 e. The van der Waals surface area contributed by atoms with Crippen LogP contribution in [0.15, 0.2) is 12.1 Å². The molecule has 19 heavy (non-hydrogen) atoms. The predicted octanol–water partition coefficient (Wildman–Crippen LogP) is 1.60. The van der Waals surface area contributed by atoms with Gasteiger partial charge in [-0.25, -0.2) is 4.79 Å². The van der Waals surface area contributed by atoms with Crippen LogP contribution >= 0.6 is 22.9 Å².